The lowest BCUT2D eigenvalue weighted by atomic mass is 10.3. The van der Waals surface area contributed by atoms with Crippen molar-refractivity contribution in [3.05, 3.63) is 59.3 Å². The van der Waals surface area contributed by atoms with Gasteiger partial charge in [0.1, 0.15) is 6.33 Å². The third-order valence-corrected chi connectivity index (χ3v) is 4.81. The molecule has 0 atom stereocenters. The van der Waals surface area contributed by atoms with Gasteiger partial charge in [-0.25, -0.2) is 17.9 Å². The Labute approximate surface area is 140 Å². The number of tetrazole rings is 1. The van der Waals surface area contributed by atoms with Crippen LogP contribution in [0.4, 0.5) is 5.69 Å². The lowest BCUT2D eigenvalue weighted by Crippen LogP contribution is -2.12. The first-order valence-electron chi connectivity index (χ1n) is 7.00. The largest absolute Gasteiger partial charge is 0.417 e. The van der Waals surface area contributed by atoms with E-state index in [0.717, 1.165) is 0 Å². The van der Waals surface area contributed by atoms with Gasteiger partial charge < -0.3 is 4.42 Å². The number of fused-ring (bicyclic) bond motifs is 1. The summed E-state index contributed by atoms with van der Waals surface area (Å²) in [5, 5.41) is 10.8. The van der Waals surface area contributed by atoms with Crippen molar-refractivity contribution in [3.8, 4) is 5.69 Å². The van der Waals surface area contributed by atoms with Crippen molar-refractivity contribution in [2.45, 2.75) is 4.90 Å². The number of anilines is 1. The molecule has 0 aliphatic carbocycles. The first kappa shape index (κ1) is 15.1. The molecular formula is C14H10N6O4S. The summed E-state index contributed by atoms with van der Waals surface area (Å²) in [6.07, 6.45) is 1.43. The molecule has 0 aliphatic rings. The minimum atomic E-state index is -3.84. The van der Waals surface area contributed by atoms with Gasteiger partial charge in [0.05, 0.1) is 16.1 Å². The molecule has 11 heteroatoms. The maximum absolute atomic E-state index is 12.5. The van der Waals surface area contributed by atoms with Crippen LogP contribution >= 0.6 is 0 Å². The van der Waals surface area contributed by atoms with Crippen molar-refractivity contribution in [2.75, 3.05) is 4.72 Å². The molecule has 0 fully saturated rings. The molecule has 2 aromatic carbocycles. The molecule has 0 unspecified atom stereocenters. The van der Waals surface area contributed by atoms with E-state index in [1.54, 1.807) is 24.3 Å². The van der Waals surface area contributed by atoms with Crippen LogP contribution in [0.3, 0.4) is 0 Å². The summed E-state index contributed by atoms with van der Waals surface area (Å²) in [4.78, 5) is 13.6. The van der Waals surface area contributed by atoms with E-state index < -0.39 is 15.8 Å². The van der Waals surface area contributed by atoms with E-state index in [1.165, 1.54) is 29.2 Å². The number of hydrogen-bond acceptors (Lipinski definition) is 7. The van der Waals surface area contributed by atoms with E-state index >= 15 is 0 Å². The van der Waals surface area contributed by atoms with Crippen molar-refractivity contribution in [1.82, 2.24) is 25.2 Å². The Balaban J connectivity index is 1.62. The molecule has 0 spiro atoms. The molecule has 0 saturated heterocycles. The fourth-order valence-corrected chi connectivity index (χ4v) is 3.34. The summed E-state index contributed by atoms with van der Waals surface area (Å²) in [6, 6.07) is 10.6. The highest BCUT2D eigenvalue weighted by atomic mass is 32.2. The predicted octanol–water partition coefficient (Wildman–Crippen LogP) is 0.898. The zero-order chi connectivity index (χ0) is 17.4. The zero-order valence-electron chi connectivity index (χ0n) is 12.4. The molecule has 2 aromatic heterocycles. The highest BCUT2D eigenvalue weighted by Crippen LogP contribution is 2.20. The lowest BCUT2D eigenvalue weighted by molar-refractivity contribution is 0.554. The van der Waals surface area contributed by atoms with Gasteiger partial charge in [-0.05, 0) is 46.8 Å². The second-order valence-electron chi connectivity index (χ2n) is 5.08. The van der Waals surface area contributed by atoms with Gasteiger partial charge >= 0.3 is 5.76 Å². The highest BCUT2D eigenvalue weighted by molar-refractivity contribution is 7.92. The van der Waals surface area contributed by atoms with Gasteiger partial charge in [0, 0.05) is 11.8 Å². The molecule has 25 heavy (non-hydrogen) atoms. The van der Waals surface area contributed by atoms with Crippen LogP contribution in [0, 0.1) is 0 Å². The van der Waals surface area contributed by atoms with Gasteiger partial charge in [0.2, 0.25) is 0 Å². The van der Waals surface area contributed by atoms with Crippen LogP contribution in [-0.4, -0.2) is 33.6 Å². The Morgan fingerprint density at radius 2 is 1.92 bits per heavy atom. The lowest BCUT2D eigenvalue weighted by Gasteiger charge is -2.08. The van der Waals surface area contributed by atoms with Gasteiger partial charge in [-0.1, -0.05) is 0 Å². The molecule has 2 N–H and O–H groups in total. The smallest absolute Gasteiger partial charge is 0.408 e. The van der Waals surface area contributed by atoms with Crippen molar-refractivity contribution < 1.29 is 12.8 Å². The summed E-state index contributed by atoms with van der Waals surface area (Å²) in [5.74, 6) is -0.643. The number of aromatic nitrogens is 5. The molecule has 2 heterocycles. The third-order valence-electron chi connectivity index (χ3n) is 3.44. The van der Waals surface area contributed by atoms with Gasteiger partial charge in [-0.15, -0.1) is 5.10 Å². The highest BCUT2D eigenvalue weighted by Gasteiger charge is 2.16. The van der Waals surface area contributed by atoms with Crippen LogP contribution in [0.25, 0.3) is 16.8 Å². The van der Waals surface area contributed by atoms with Crippen LogP contribution in [0.5, 0.6) is 0 Å². The molecule has 0 saturated carbocycles. The topological polar surface area (TPSA) is 136 Å². The first-order valence-corrected chi connectivity index (χ1v) is 8.49. The fourth-order valence-electron chi connectivity index (χ4n) is 2.27. The maximum atomic E-state index is 12.5. The van der Waals surface area contributed by atoms with Crippen molar-refractivity contribution >= 4 is 26.8 Å². The van der Waals surface area contributed by atoms with E-state index in [0.29, 0.717) is 16.9 Å². The normalized spacial score (nSPS) is 11.7. The van der Waals surface area contributed by atoms with E-state index in [1.807, 2.05) is 0 Å². The molecule has 0 aliphatic heterocycles. The van der Waals surface area contributed by atoms with Crippen molar-refractivity contribution in [2.24, 2.45) is 0 Å². The monoisotopic (exact) mass is 358 g/mol. The Hall–Kier alpha value is -3.47. The number of rotatable bonds is 4. The SMILES string of the molecule is O=c1[nH]c2ccc(S(=O)(=O)Nc3ccc(-n4cnnn4)cc3)cc2o1. The summed E-state index contributed by atoms with van der Waals surface area (Å²) >= 11 is 0. The Kier molecular flexibility index (Phi) is 3.35. The summed E-state index contributed by atoms with van der Waals surface area (Å²) in [7, 11) is -3.84. The maximum Gasteiger partial charge on any atom is 0.417 e. The standard InChI is InChI=1S/C14H10N6O4S/c21-14-16-12-6-5-11(7-13(12)24-14)25(22,23)17-9-1-3-10(4-2-9)20-8-15-18-19-20/h1-8,17H,(H,16,21). The van der Waals surface area contributed by atoms with Crippen LogP contribution in [0.15, 0.2) is 62.9 Å². The van der Waals surface area contributed by atoms with Crippen LogP contribution in [0.2, 0.25) is 0 Å². The van der Waals surface area contributed by atoms with E-state index in [9.17, 15) is 13.2 Å². The first-order chi connectivity index (χ1) is 12.0. The number of sulfonamides is 1. The number of aromatic amines is 1. The summed E-state index contributed by atoms with van der Waals surface area (Å²) < 4.78 is 33.8. The molecule has 126 valence electrons. The predicted molar refractivity (Wildman–Crippen MR) is 86.8 cm³/mol. The quantitative estimate of drug-likeness (QED) is 0.553. The molecule has 4 aromatic rings. The Morgan fingerprint density at radius 3 is 2.64 bits per heavy atom. The number of oxazole rings is 1. The number of nitrogens with one attached hydrogen (secondary N) is 2. The minimum Gasteiger partial charge on any atom is -0.408 e. The van der Waals surface area contributed by atoms with Gasteiger partial charge in [-0.3, -0.25) is 9.71 Å². The number of hydrogen-bond donors (Lipinski definition) is 2. The van der Waals surface area contributed by atoms with Crippen molar-refractivity contribution in [3.63, 3.8) is 0 Å². The van der Waals surface area contributed by atoms with Gasteiger partial charge in [-0.2, -0.15) is 0 Å². The van der Waals surface area contributed by atoms with Crippen LogP contribution < -0.4 is 10.5 Å². The van der Waals surface area contributed by atoms with Gasteiger partial charge in [0.25, 0.3) is 10.0 Å². The van der Waals surface area contributed by atoms with E-state index in [4.69, 9.17) is 4.42 Å². The van der Waals surface area contributed by atoms with Crippen LogP contribution in [-0.2, 0) is 10.0 Å². The average Bonchev–Trinajstić information content (AvgIpc) is 3.22. The Morgan fingerprint density at radius 1 is 1.12 bits per heavy atom. The van der Waals surface area contributed by atoms with Crippen LogP contribution in [0.1, 0.15) is 0 Å². The summed E-state index contributed by atoms with van der Waals surface area (Å²) in [5.41, 5.74) is 1.65. The molecule has 0 radical (unpaired) electrons. The van der Waals surface area contributed by atoms with Crippen molar-refractivity contribution in [1.29, 1.82) is 0 Å². The second-order valence-corrected chi connectivity index (χ2v) is 6.76. The zero-order valence-corrected chi connectivity index (χ0v) is 13.3. The Bertz CT molecular complexity index is 1190. The average molecular weight is 358 g/mol. The molecule has 0 bridgehead atoms. The fraction of sp³-hybridized carbons (Fsp3) is 0. The van der Waals surface area contributed by atoms with E-state index in [-0.39, 0.29) is 10.5 Å². The summed E-state index contributed by atoms with van der Waals surface area (Å²) in [6.45, 7) is 0. The molecular weight excluding hydrogens is 348 g/mol. The van der Waals surface area contributed by atoms with E-state index in [2.05, 4.69) is 25.2 Å². The molecule has 10 nitrogen and oxygen atoms in total. The number of H-pyrrole nitrogens is 1. The minimum absolute atomic E-state index is 0.0210. The molecule has 4 rings (SSSR count). The number of benzene rings is 2. The second kappa shape index (κ2) is 5.56. The third kappa shape index (κ3) is 2.87. The number of nitrogens with zero attached hydrogens (tertiary/aromatic N) is 4. The molecule has 0 amide bonds. The van der Waals surface area contributed by atoms with Gasteiger partial charge in [0.15, 0.2) is 5.58 Å².